The minimum Gasteiger partial charge on any atom is -0.496 e. The van der Waals surface area contributed by atoms with Gasteiger partial charge >= 0.3 is 5.97 Å². The van der Waals surface area contributed by atoms with E-state index in [1.807, 2.05) is 12.1 Å². The Bertz CT molecular complexity index is 443. The molecule has 1 rings (SSSR count). The lowest BCUT2D eigenvalue weighted by Crippen LogP contribution is -2.31. The number of carboxylic acids is 1. The van der Waals surface area contributed by atoms with Crippen LogP contribution in [0.3, 0.4) is 0 Å². The maximum absolute atomic E-state index is 10.6. The molecule has 0 bridgehead atoms. The highest BCUT2D eigenvalue weighted by atomic mass is 16.5. The SMILES string of the molecule is COc1ccc(C)cc1CN(CCCC(=O)O)C(C)C. The molecule has 4 nitrogen and oxygen atoms in total. The fourth-order valence-corrected chi connectivity index (χ4v) is 2.20. The van der Waals surface area contributed by atoms with Crippen LogP contribution in [0.4, 0.5) is 0 Å². The predicted octanol–water partition coefficient (Wildman–Crippen LogP) is 3.08. The summed E-state index contributed by atoms with van der Waals surface area (Å²) in [4.78, 5) is 12.9. The summed E-state index contributed by atoms with van der Waals surface area (Å²) in [7, 11) is 1.68. The lowest BCUT2D eigenvalue weighted by molar-refractivity contribution is -0.137. The predicted molar refractivity (Wildman–Crippen MR) is 80.1 cm³/mol. The van der Waals surface area contributed by atoms with Gasteiger partial charge in [-0.05, 0) is 39.8 Å². The van der Waals surface area contributed by atoms with Gasteiger partial charge in [0.25, 0.3) is 0 Å². The molecule has 0 aliphatic heterocycles. The van der Waals surface area contributed by atoms with Crippen molar-refractivity contribution < 1.29 is 14.6 Å². The first-order chi connectivity index (χ1) is 9.43. The Morgan fingerprint density at radius 2 is 2.10 bits per heavy atom. The van der Waals surface area contributed by atoms with E-state index < -0.39 is 5.97 Å². The zero-order valence-electron chi connectivity index (χ0n) is 12.8. The maximum atomic E-state index is 10.6. The zero-order valence-corrected chi connectivity index (χ0v) is 12.8. The number of nitrogens with zero attached hydrogens (tertiary/aromatic N) is 1. The van der Waals surface area contributed by atoms with Gasteiger partial charge in [0.2, 0.25) is 0 Å². The van der Waals surface area contributed by atoms with Gasteiger partial charge in [0.05, 0.1) is 7.11 Å². The highest BCUT2D eigenvalue weighted by Crippen LogP contribution is 2.22. The molecule has 1 aromatic carbocycles. The lowest BCUT2D eigenvalue weighted by Gasteiger charge is -2.27. The minimum absolute atomic E-state index is 0.216. The molecule has 0 aliphatic rings. The topological polar surface area (TPSA) is 49.8 Å². The first kappa shape index (κ1) is 16.5. The summed E-state index contributed by atoms with van der Waals surface area (Å²) in [6.07, 6.45) is 0.885. The molecule has 20 heavy (non-hydrogen) atoms. The van der Waals surface area contributed by atoms with Crippen molar-refractivity contribution in [2.75, 3.05) is 13.7 Å². The van der Waals surface area contributed by atoms with Crippen molar-refractivity contribution in [2.24, 2.45) is 0 Å². The molecule has 112 valence electrons. The van der Waals surface area contributed by atoms with E-state index in [9.17, 15) is 4.79 Å². The second kappa shape index (κ2) is 7.90. The van der Waals surface area contributed by atoms with Crippen molar-refractivity contribution in [2.45, 2.75) is 46.2 Å². The molecule has 0 aromatic heterocycles. The average molecular weight is 279 g/mol. The summed E-state index contributed by atoms with van der Waals surface area (Å²) < 4.78 is 5.40. The van der Waals surface area contributed by atoms with E-state index in [-0.39, 0.29) is 6.42 Å². The number of benzene rings is 1. The fraction of sp³-hybridized carbons (Fsp3) is 0.562. The van der Waals surface area contributed by atoms with Crippen molar-refractivity contribution >= 4 is 5.97 Å². The van der Waals surface area contributed by atoms with Gasteiger partial charge in [-0.3, -0.25) is 9.69 Å². The zero-order chi connectivity index (χ0) is 15.1. The molecular formula is C16H25NO3. The molecule has 0 saturated carbocycles. The molecule has 0 unspecified atom stereocenters. The minimum atomic E-state index is -0.734. The Balaban J connectivity index is 2.74. The van der Waals surface area contributed by atoms with E-state index in [1.165, 1.54) is 5.56 Å². The van der Waals surface area contributed by atoms with Crippen molar-refractivity contribution in [1.82, 2.24) is 4.90 Å². The lowest BCUT2D eigenvalue weighted by atomic mass is 10.1. The molecule has 1 N–H and O–H groups in total. The number of methoxy groups -OCH3 is 1. The van der Waals surface area contributed by atoms with Crippen LogP contribution in [0.15, 0.2) is 18.2 Å². The maximum Gasteiger partial charge on any atom is 0.303 e. The number of carbonyl (C=O) groups is 1. The largest absolute Gasteiger partial charge is 0.496 e. The second-order valence-electron chi connectivity index (χ2n) is 5.38. The number of ether oxygens (including phenoxy) is 1. The van der Waals surface area contributed by atoms with E-state index in [2.05, 4.69) is 31.7 Å². The van der Waals surface area contributed by atoms with E-state index in [0.29, 0.717) is 12.5 Å². The molecule has 0 radical (unpaired) electrons. The molecule has 0 fully saturated rings. The number of aryl methyl sites for hydroxylation is 1. The molecular weight excluding hydrogens is 254 g/mol. The van der Waals surface area contributed by atoms with Gasteiger partial charge in [-0.15, -0.1) is 0 Å². The third-order valence-corrected chi connectivity index (χ3v) is 3.38. The second-order valence-corrected chi connectivity index (χ2v) is 5.38. The van der Waals surface area contributed by atoms with Gasteiger partial charge in [0.15, 0.2) is 0 Å². The monoisotopic (exact) mass is 279 g/mol. The van der Waals surface area contributed by atoms with Crippen LogP contribution in [-0.2, 0) is 11.3 Å². The third-order valence-electron chi connectivity index (χ3n) is 3.38. The summed E-state index contributed by atoms with van der Waals surface area (Å²) in [5, 5.41) is 8.73. The van der Waals surface area contributed by atoms with Crippen molar-refractivity contribution in [3.63, 3.8) is 0 Å². The Morgan fingerprint density at radius 1 is 1.40 bits per heavy atom. The number of rotatable bonds is 8. The number of hydrogen-bond acceptors (Lipinski definition) is 3. The smallest absolute Gasteiger partial charge is 0.303 e. The summed E-state index contributed by atoms with van der Waals surface area (Å²) >= 11 is 0. The van der Waals surface area contributed by atoms with Gasteiger partial charge < -0.3 is 9.84 Å². The van der Waals surface area contributed by atoms with Gasteiger partial charge in [-0.1, -0.05) is 17.7 Å². The molecule has 0 saturated heterocycles. The number of carboxylic acid groups (broad SMARTS) is 1. The molecule has 0 heterocycles. The molecule has 0 atom stereocenters. The van der Waals surface area contributed by atoms with Crippen LogP contribution < -0.4 is 4.74 Å². The van der Waals surface area contributed by atoms with E-state index in [1.54, 1.807) is 7.11 Å². The van der Waals surface area contributed by atoms with Gasteiger partial charge in [-0.2, -0.15) is 0 Å². The Morgan fingerprint density at radius 3 is 2.65 bits per heavy atom. The van der Waals surface area contributed by atoms with E-state index in [4.69, 9.17) is 9.84 Å². The van der Waals surface area contributed by atoms with Crippen molar-refractivity contribution in [1.29, 1.82) is 0 Å². The van der Waals surface area contributed by atoms with E-state index >= 15 is 0 Å². The summed E-state index contributed by atoms with van der Waals surface area (Å²) in [6, 6.07) is 6.52. The van der Waals surface area contributed by atoms with Crippen LogP contribution >= 0.6 is 0 Å². The highest BCUT2D eigenvalue weighted by molar-refractivity contribution is 5.66. The summed E-state index contributed by atoms with van der Waals surface area (Å²) in [5.74, 6) is 0.154. The van der Waals surface area contributed by atoms with Crippen molar-refractivity contribution in [3.05, 3.63) is 29.3 Å². The van der Waals surface area contributed by atoms with Crippen LogP contribution in [0, 0.1) is 6.92 Å². The summed E-state index contributed by atoms with van der Waals surface area (Å²) in [5.41, 5.74) is 2.35. The molecule has 4 heteroatoms. The first-order valence-corrected chi connectivity index (χ1v) is 7.03. The van der Waals surface area contributed by atoms with Crippen LogP contribution in [0.5, 0.6) is 5.75 Å². The standard InChI is InChI=1S/C16H25NO3/c1-12(2)17(9-5-6-16(18)19)11-14-10-13(3)7-8-15(14)20-4/h7-8,10,12H,5-6,9,11H2,1-4H3,(H,18,19). The quantitative estimate of drug-likeness (QED) is 0.794. The van der Waals surface area contributed by atoms with Gasteiger partial charge in [0.1, 0.15) is 5.75 Å². The first-order valence-electron chi connectivity index (χ1n) is 7.03. The van der Waals surface area contributed by atoms with Crippen LogP contribution in [0.25, 0.3) is 0 Å². The van der Waals surface area contributed by atoms with Crippen LogP contribution in [0.2, 0.25) is 0 Å². The van der Waals surface area contributed by atoms with E-state index in [0.717, 1.165) is 24.4 Å². The van der Waals surface area contributed by atoms with Gasteiger partial charge in [0, 0.05) is 24.6 Å². The highest BCUT2D eigenvalue weighted by Gasteiger charge is 2.13. The van der Waals surface area contributed by atoms with Crippen molar-refractivity contribution in [3.8, 4) is 5.75 Å². The Kier molecular flexibility index (Phi) is 6.52. The molecule has 0 amide bonds. The fourth-order valence-electron chi connectivity index (χ4n) is 2.20. The average Bonchev–Trinajstić information content (AvgIpc) is 2.37. The molecule has 0 aliphatic carbocycles. The van der Waals surface area contributed by atoms with Crippen LogP contribution in [-0.4, -0.2) is 35.7 Å². The normalized spacial score (nSPS) is 11.1. The summed E-state index contributed by atoms with van der Waals surface area (Å²) in [6.45, 7) is 7.88. The van der Waals surface area contributed by atoms with Crippen LogP contribution in [0.1, 0.15) is 37.8 Å². The Labute approximate surface area is 121 Å². The number of hydrogen-bond donors (Lipinski definition) is 1. The molecule has 0 spiro atoms. The molecule has 1 aromatic rings. The third kappa shape index (κ3) is 5.21. The Hall–Kier alpha value is -1.55. The van der Waals surface area contributed by atoms with Gasteiger partial charge in [-0.25, -0.2) is 0 Å². The number of aliphatic carboxylic acids is 1.